The maximum absolute atomic E-state index is 12.3. The van der Waals surface area contributed by atoms with Gasteiger partial charge in [0, 0.05) is 18.8 Å². The van der Waals surface area contributed by atoms with Gasteiger partial charge >= 0.3 is 12.0 Å². The van der Waals surface area contributed by atoms with E-state index in [0.717, 1.165) is 5.69 Å². The Balaban J connectivity index is 1.61. The highest BCUT2D eigenvalue weighted by Gasteiger charge is 2.28. The SMILES string of the molecule is O=C(O)C1CCCN(C(=O)NCc2nncn2-c2ccccc2)C1. The lowest BCUT2D eigenvalue weighted by Gasteiger charge is -2.30. The number of benzene rings is 1. The fourth-order valence-electron chi connectivity index (χ4n) is 2.81. The van der Waals surface area contributed by atoms with E-state index in [1.165, 1.54) is 0 Å². The number of hydrogen-bond donors (Lipinski definition) is 2. The van der Waals surface area contributed by atoms with Crippen molar-refractivity contribution < 1.29 is 14.7 Å². The van der Waals surface area contributed by atoms with Crippen molar-refractivity contribution in [2.45, 2.75) is 19.4 Å². The van der Waals surface area contributed by atoms with Crippen LogP contribution in [0.15, 0.2) is 36.7 Å². The van der Waals surface area contributed by atoms with Crippen molar-refractivity contribution in [1.29, 1.82) is 0 Å². The predicted octanol–water partition coefficient (Wildman–Crippen LogP) is 1.27. The first-order chi connectivity index (χ1) is 11.6. The molecule has 1 aliphatic heterocycles. The third-order valence-electron chi connectivity index (χ3n) is 4.11. The number of carboxylic acids is 1. The highest BCUT2D eigenvalue weighted by molar-refractivity contribution is 5.76. The van der Waals surface area contributed by atoms with E-state index in [9.17, 15) is 9.59 Å². The van der Waals surface area contributed by atoms with E-state index in [1.807, 2.05) is 30.3 Å². The van der Waals surface area contributed by atoms with Crippen LogP contribution in [-0.2, 0) is 11.3 Å². The zero-order chi connectivity index (χ0) is 16.9. The fraction of sp³-hybridized carbons (Fsp3) is 0.375. The zero-order valence-electron chi connectivity index (χ0n) is 13.1. The number of aromatic nitrogens is 3. The molecule has 2 N–H and O–H groups in total. The van der Waals surface area contributed by atoms with E-state index in [2.05, 4.69) is 15.5 Å². The molecule has 0 saturated carbocycles. The van der Waals surface area contributed by atoms with E-state index in [-0.39, 0.29) is 19.1 Å². The molecular weight excluding hydrogens is 310 g/mol. The molecule has 1 aliphatic rings. The first kappa shape index (κ1) is 16.0. The lowest BCUT2D eigenvalue weighted by molar-refractivity contribution is -0.143. The molecule has 1 aromatic heterocycles. The van der Waals surface area contributed by atoms with Gasteiger partial charge in [0.2, 0.25) is 0 Å². The number of rotatable bonds is 4. The lowest BCUT2D eigenvalue weighted by Crippen LogP contribution is -2.47. The largest absolute Gasteiger partial charge is 0.481 e. The Labute approximate surface area is 139 Å². The highest BCUT2D eigenvalue weighted by atomic mass is 16.4. The van der Waals surface area contributed by atoms with E-state index >= 15 is 0 Å². The number of carbonyl (C=O) groups is 2. The molecular formula is C16H19N5O3. The van der Waals surface area contributed by atoms with Crippen LogP contribution >= 0.6 is 0 Å². The second kappa shape index (κ2) is 7.12. The number of nitrogens with one attached hydrogen (secondary N) is 1. The summed E-state index contributed by atoms with van der Waals surface area (Å²) in [7, 11) is 0. The van der Waals surface area contributed by atoms with Crippen molar-refractivity contribution >= 4 is 12.0 Å². The molecule has 2 heterocycles. The van der Waals surface area contributed by atoms with Crippen molar-refractivity contribution in [3.05, 3.63) is 42.5 Å². The van der Waals surface area contributed by atoms with Crippen LogP contribution in [0.25, 0.3) is 5.69 Å². The number of aliphatic carboxylic acids is 1. The predicted molar refractivity (Wildman–Crippen MR) is 85.5 cm³/mol. The van der Waals surface area contributed by atoms with Gasteiger partial charge in [-0.15, -0.1) is 10.2 Å². The number of carboxylic acid groups (broad SMARTS) is 1. The number of carbonyl (C=O) groups excluding carboxylic acids is 1. The van der Waals surface area contributed by atoms with Crippen LogP contribution in [-0.4, -0.2) is 49.9 Å². The van der Waals surface area contributed by atoms with Crippen LogP contribution in [0.4, 0.5) is 4.79 Å². The molecule has 1 unspecified atom stereocenters. The summed E-state index contributed by atoms with van der Waals surface area (Å²) < 4.78 is 1.80. The highest BCUT2D eigenvalue weighted by Crippen LogP contribution is 2.16. The summed E-state index contributed by atoms with van der Waals surface area (Å²) in [6.45, 7) is 1.04. The molecule has 0 spiro atoms. The number of piperidine rings is 1. The van der Waals surface area contributed by atoms with Crippen LogP contribution in [0, 0.1) is 5.92 Å². The molecule has 1 saturated heterocycles. The number of para-hydroxylation sites is 1. The Morgan fingerprint density at radius 2 is 2.08 bits per heavy atom. The minimum Gasteiger partial charge on any atom is -0.481 e. The third-order valence-corrected chi connectivity index (χ3v) is 4.11. The number of urea groups is 1. The molecule has 2 aromatic rings. The molecule has 24 heavy (non-hydrogen) atoms. The summed E-state index contributed by atoms with van der Waals surface area (Å²) in [5, 5.41) is 19.8. The molecule has 0 aliphatic carbocycles. The summed E-state index contributed by atoms with van der Waals surface area (Å²) in [6.07, 6.45) is 2.91. The van der Waals surface area contributed by atoms with Gasteiger partial charge in [0.25, 0.3) is 0 Å². The normalized spacial score (nSPS) is 17.5. The van der Waals surface area contributed by atoms with Gasteiger partial charge in [0.15, 0.2) is 5.82 Å². The summed E-state index contributed by atoms with van der Waals surface area (Å²) in [5.74, 6) is -0.727. The maximum atomic E-state index is 12.3. The Kier molecular flexibility index (Phi) is 4.74. The molecule has 1 fully saturated rings. The van der Waals surface area contributed by atoms with Crippen LogP contribution < -0.4 is 5.32 Å². The zero-order valence-corrected chi connectivity index (χ0v) is 13.1. The van der Waals surface area contributed by atoms with E-state index < -0.39 is 11.9 Å². The summed E-state index contributed by atoms with van der Waals surface area (Å²) in [4.78, 5) is 24.9. The standard InChI is InChI=1S/C16H19N5O3/c22-15(23)12-5-4-8-20(10-12)16(24)17-9-14-19-18-11-21(14)13-6-2-1-3-7-13/h1-3,6-7,11-12H,4-5,8-10H2,(H,17,24)(H,22,23). The maximum Gasteiger partial charge on any atom is 0.317 e. The molecule has 8 nitrogen and oxygen atoms in total. The lowest BCUT2D eigenvalue weighted by atomic mass is 9.99. The quantitative estimate of drug-likeness (QED) is 0.880. The Hall–Kier alpha value is -2.90. The molecule has 3 rings (SSSR count). The summed E-state index contributed by atoms with van der Waals surface area (Å²) in [5.41, 5.74) is 0.913. The van der Waals surface area contributed by atoms with Gasteiger partial charge in [-0.2, -0.15) is 0 Å². The van der Waals surface area contributed by atoms with E-state index in [4.69, 9.17) is 5.11 Å². The van der Waals surface area contributed by atoms with Gasteiger partial charge in [0.1, 0.15) is 6.33 Å². The molecule has 126 valence electrons. The number of hydrogen-bond acceptors (Lipinski definition) is 4. The van der Waals surface area contributed by atoms with Gasteiger partial charge in [-0.1, -0.05) is 18.2 Å². The minimum atomic E-state index is -0.851. The molecule has 0 bridgehead atoms. The second-order valence-corrected chi connectivity index (χ2v) is 5.73. The van der Waals surface area contributed by atoms with Crippen LogP contribution in [0.1, 0.15) is 18.7 Å². The Bertz CT molecular complexity index is 716. The van der Waals surface area contributed by atoms with Gasteiger partial charge in [-0.25, -0.2) is 4.79 Å². The number of amides is 2. The van der Waals surface area contributed by atoms with Gasteiger partial charge in [-0.3, -0.25) is 9.36 Å². The average molecular weight is 329 g/mol. The van der Waals surface area contributed by atoms with Crippen LogP contribution in [0.5, 0.6) is 0 Å². The molecule has 1 atom stereocenters. The summed E-state index contributed by atoms with van der Waals surface area (Å²) in [6, 6.07) is 9.33. The Morgan fingerprint density at radius 3 is 2.83 bits per heavy atom. The fourth-order valence-corrected chi connectivity index (χ4v) is 2.81. The first-order valence-electron chi connectivity index (χ1n) is 7.85. The molecule has 0 radical (unpaired) electrons. The van der Waals surface area contributed by atoms with Crippen LogP contribution in [0.3, 0.4) is 0 Å². The minimum absolute atomic E-state index is 0.224. The van der Waals surface area contributed by atoms with Gasteiger partial charge < -0.3 is 15.3 Å². The monoisotopic (exact) mass is 329 g/mol. The first-order valence-corrected chi connectivity index (χ1v) is 7.85. The van der Waals surface area contributed by atoms with Gasteiger partial charge in [-0.05, 0) is 25.0 Å². The smallest absolute Gasteiger partial charge is 0.317 e. The van der Waals surface area contributed by atoms with Crippen molar-refractivity contribution in [2.75, 3.05) is 13.1 Å². The molecule has 2 amide bonds. The van der Waals surface area contributed by atoms with Crippen molar-refractivity contribution in [3.8, 4) is 5.69 Å². The number of likely N-dealkylation sites (tertiary alicyclic amines) is 1. The second-order valence-electron chi connectivity index (χ2n) is 5.73. The van der Waals surface area contributed by atoms with Crippen LogP contribution in [0.2, 0.25) is 0 Å². The van der Waals surface area contributed by atoms with E-state index in [1.54, 1.807) is 15.8 Å². The topological polar surface area (TPSA) is 100 Å². The summed E-state index contributed by atoms with van der Waals surface area (Å²) >= 11 is 0. The number of nitrogens with zero attached hydrogens (tertiary/aromatic N) is 4. The molecule has 8 heteroatoms. The van der Waals surface area contributed by atoms with E-state index in [0.29, 0.717) is 25.2 Å². The van der Waals surface area contributed by atoms with Crippen molar-refractivity contribution in [1.82, 2.24) is 25.0 Å². The Morgan fingerprint density at radius 1 is 1.29 bits per heavy atom. The van der Waals surface area contributed by atoms with Crippen molar-refractivity contribution in [3.63, 3.8) is 0 Å². The third kappa shape index (κ3) is 3.53. The molecule has 1 aromatic carbocycles. The van der Waals surface area contributed by atoms with Gasteiger partial charge in [0.05, 0.1) is 12.5 Å². The average Bonchev–Trinajstić information content (AvgIpc) is 3.09. The van der Waals surface area contributed by atoms with Crippen molar-refractivity contribution in [2.24, 2.45) is 5.92 Å².